The monoisotopic (exact) mass is 414 g/mol. The van der Waals surface area contributed by atoms with Crippen LogP contribution in [-0.4, -0.2) is 134 Å². The molecule has 3 heterocycles. The summed E-state index contributed by atoms with van der Waals surface area (Å²) in [6, 6.07) is 0. The summed E-state index contributed by atoms with van der Waals surface area (Å²) in [5.41, 5.74) is 0. The van der Waals surface area contributed by atoms with Gasteiger partial charge in [0, 0.05) is 0 Å². The minimum Gasteiger partial charge on any atom is -0.388 e. The third-order valence-electron chi connectivity index (χ3n) is 4.93. The van der Waals surface area contributed by atoms with Crippen molar-refractivity contribution < 1.29 is 64.5 Å². The van der Waals surface area contributed by atoms with Gasteiger partial charge in [-0.05, 0) is 0 Å². The molecule has 0 aliphatic carbocycles. The van der Waals surface area contributed by atoms with Gasteiger partial charge in [0.1, 0.15) is 54.9 Å². The molecule has 3 fully saturated rings. The van der Waals surface area contributed by atoms with Crippen LogP contribution < -0.4 is 0 Å². The molecule has 0 spiro atoms. The van der Waals surface area contributed by atoms with Crippen LogP contribution in [0.4, 0.5) is 0 Å². The molecule has 3 saturated heterocycles. The molecular formula is C15H26O13. The first-order chi connectivity index (χ1) is 13.2. The summed E-state index contributed by atoms with van der Waals surface area (Å²) < 4.78 is 25.8. The number of hydrogen-bond acceptors (Lipinski definition) is 13. The molecule has 0 amide bonds. The predicted octanol–water partition coefficient (Wildman–Crippen LogP) is -5.66. The van der Waals surface area contributed by atoms with E-state index in [0.29, 0.717) is 0 Å². The Labute approximate surface area is 159 Å². The van der Waals surface area contributed by atoms with Crippen LogP contribution in [0.1, 0.15) is 0 Å². The maximum Gasteiger partial charge on any atom is 0.186 e. The lowest BCUT2D eigenvalue weighted by atomic mass is 10.0. The van der Waals surface area contributed by atoms with Crippen molar-refractivity contribution >= 4 is 0 Å². The van der Waals surface area contributed by atoms with Crippen molar-refractivity contribution in [2.24, 2.45) is 0 Å². The second-order valence-electron chi connectivity index (χ2n) is 6.99. The van der Waals surface area contributed by atoms with E-state index in [2.05, 4.69) is 0 Å². The maximum absolute atomic E-state index is 10.3. The lowest BCUT2D eigenvalue weighted by molar-refractivity contribution is -0.350. The highest BCUT2D eigenvalue weighted by atomic mass is 16.7. The number of aliphatic hydroxyl groups is 8. The Balaban J connectivity index is 1.57. The normalized spacial score (nSPS) is 53.1. The topological polar surface area (TPSA) is 208 Å². The molecule has 3 rings (SSSR count). The minimum absolute atomic E-state index is 0.303. The van der Waals surface area contributed by atoms with Gasteiger partial charge in [-0.2, -0.15) is 0 Å². The van der Waals surface area contributed by atoms with E-state index in [1.54, 1.807) is 0 Å². The summed E-state index contributed by atoms with van der Waals surface area (Å²) in [7, 11) is 0. The van der Waals surface area contributed by atoms with Crippen molar-refractivity contribution in [3.63, 3.8) is 0 Å². The largest absolute Gasteiger partial charge is 0.388 e. The van der Waals surface area contributed by atoms with E-state index < -0.39 is 73.8 Å². The number of ether oxygens (including phenoxy) is 5. The van der Waals surface area contributed by atoms with Gasteiger partial charge in [0.15, 0.2) is 18.9 Å². The van der Waals surface area contributed by atoms with Crippen LogP contribution in [0.5, 0.6) is 0 Å². The molecule has 3 aliphatic rings. The van der Waals surface area contributed by atoms with E-state index in [4.69, 9.17) is 23.7 Å². The first kappa shape index (κ1) is 22.2. The Morgan fingerprint density at radius 2 is 1.11 bits per heavy atom. The molecule has 0 aromatic rings. The van der Waals surface area contributed by atoms with E-state index in [0.717, 1.165) is 0 Å². The van der Waals surface area contributed by atoms with Crippen LogP contribution in [0.15, 0.2) is 0 Å². The van der Waals surface area contributed by atoms with E-state index in [1.165, 1.54) is 0 Å². The Morgan fingerprint density at radius 3 is 1.82 bits per heavy atom. The fourth-order valence-corrected chi connectivity index (χ4v) is 3.19. The van der Waals surface area contributed by atoms with Crippen molar-refractivity contribution in [2.45, 2.75) is 73.8 Å². The highest BCUT2D eigenvalue weighted by Gasteiger charge is 2.47. The molecule has 13 heteroatoms. The van der Waals surface area contributed by atoms with Crippen molar-refractivity contribution in [1.82, 2.24) is 0 Å². The van der Waals surface area contributed by atoms with E-state index in [1.807, 2.05) is 0 Å². The average Bonchev–Trinajstić information content (AvgIpc) is 2.67. The fraction of sp³-hybridized carbons (Fsp3) is 1.00. The van der Waals surface area contributed by atoms with E-state index >= 15 is 0 Å². The zero-order valence-corrected chi connectivity index (χ0v) is 14.7. The minimum atomic E-state index is -1.67. The van der Waals surface area contributed by atoms with Gasteiger partial charge in [0.2, 0.25) is 0 Å². The van der Waals surface area contributed by atoms with Gasteiger partial charge in [0.05, 0.1) is 19.8 Å². The van der Waals surface area contributed by atoms with Crippen LogP contribution in [0.25, 0.3) is 0 Å². The lowest BCUT2D eigenvalue weighted by Gasteiger charge is -2.43. The molecular weight excluding hydrogens is 388 g/mol. The predicted molar refractivity (Wildman–Crippen MR) is 83.2 cm³/mol. The number of hydrogen-bond donors (Lipinski definition) is 8. The van der Waals surface area contributed by atoms with Crippen molar-refractivity contribution in [1.29, 1.82) is 0 Å². The first-order valence-corrected chi connectivity index (χ1v) is 8.81. The molecule has 28 heavy (non-hydrogen) atoms. The third-order valence-corrected chi connectivity index (χ3v) is 4.93. The fourth-order valence-electron chi connectivity index (χ4n) is 3.19. The van der Waals surface area contributed by atoms with Crippen LogP contribution in [0.2, 0.25) is 0 Å². The van der Waals surface area contributed by atoms with E-state index in [9.17, 15) is 40.9 Å². The Bertz CT molecular complexity index is 508. The smallest absolute Gasteiger partial charge is 0.186 e. The lowest BCUT2D eigenvalue weighted by Crippen LogP contribution is -2.62. The first-order valence-electron chi connectivity index (χ1n) is 8.81. The van der Waals surface area contributed by atoms with Gasteiger partial charge in [-0.25, -0.2) is 0 Å². The Kier molecular flexibility index (Phi) is 7.20. The van der Waals surface area contributed by atoms with Crippen molar-refractivity contribution in [2.75, 3.05) is 19.8 Å². The Morgan fingerprint density at radius 1 is 0.536 bits per heavy atom. The molecule has 0 unspecified atom stereocenters. The standard InChI is InChI=1S/C15H26O13/c16-4-1-25-14(9(20)7(4)18)27-6-3-26-15(10(21)8(6)19)28-12-5(17)2-24-13(23)11(12)22/h4-23H,1-3H2/t4-,5-,6-,7+,8+,9-,10-,11-,12+,13-,14-,15+/m1/s1. The van der Waals surface area contributed by atoms with Gasteiger partial charge < -0.3 is 64.5 Å². The molecule has 0 saturated carbocycles. The second kappa shape index (κ2) is 9.09. The summed E-state index contributed by atoms with van der Waals surface area (Å²) in [5.74, 6) is 0. The van der Waals surface area contributed by atoms with Gasteiger partial charge in [-0.15, -0.1) is 0 Å². The summed E-state index contributed by atoms with van der Waals surface area (Å²) in [5, 5.41) is 78.7. The second-order valence-corrected chi connectivity index (χ2v) is 6.99. The summed E-state index contributed by atoms with van der Waals surface area (Å²) in [6.45, 7) is -0.945. The third kappa shape index (κ3) is 4.46. The summed E-state index contributed by atoms with van der Waals surface area (Å²) in [4.78, 5) is 0. The highest BCUT2D eigenvalue weighted by Crippen LogP contribution is 2.27. The molecule has 3 aliphatic heterocycles. The van der Waals surface area contributed by atoms with Gasteiger partial charge >= 0.3 is 0 Å². The number of aliphatic hydroxyl groups excluding tert-OH is 8. The zero-order valence-electron chi connectivity index (χ0n) is 14.7. The zero-order chi connectivity index (χ0) is 20.6. The quantitative estimate of drug-likeness (QED) is 0.216. The molecule has 164 valence electrons. The molecule has 8 N–H and O–H groups in total. The van der Waals surface area contributed by atoms with Crippen molar-refractivity contribution in [3.05, 3.63) is 0 Å². The van der Waals surface area contributed by atoms with Gasteiger partial charge in [-0.3, -0.25) is 0 Å². The molecule has 12 atom stereocenters. The van der Waals surface area contributed by atoms with Gasteiger partial charge in [0.25, 0.3) is 0 Å². The van der Waals surface area contributed by atoms with Crippen LogP contribution in [0, 0.1) is 0 Å². The molecule has 0 aromatic heterocycles. The van der Waals surface area contributed by atoms with E-state index in [-0.39, 0.29) is 19.8 Å². The maximum atomic E-state index is 10.3. The highest BCUT2D eigenvalue weighted by molar-refractivity contribution is 4.90. The average molecular weight is 414 g/mol. The Hall–Kier alpha value is -0.520. The molecule has 0 aromatic carbocycles. The SMILES string of the molecule is O[C@@H]1[C@@H](O)[C@@H](O[C@@H]2CO[C@@H](O[C@@H]3[C@@H](O)[C@H](O)OC[C@H]3O)[C@H](O)[C@H]2O)OC[C@H]1O. The van der Waals surface area contributed by atoms with Crippen LogP contribution in [0.3, 0.4) is 0 Å². The van der Waals surface area contributed by atoms with Crippen LogP contribution >= 0.6 is 0 Å². The molecule has 0 bridgehead atoms. The number of rotatable bonds is 4. The molecule has 0 radical (unpaired) electrons. The summed E-state index contributed by atoms with van der Waals surface area (Å²) in [6.07, 6.45) is -17.5. The van der Waals surface area contributed by atoms with Crippen LogP contribution in [-0.2, 0) is 23.7 Å². The van der Waals surface area contributed by atoms with Crippen molar-refractivity contribution in [3.8, 4) is 0 Å². The summed E-state index contributed by atoms with van der Waals surface area (Å²) >= 11 is 0. The molecule has 13 nitrogen and oxygen atoms in total. The van der Waals surface area contributed by atoms with Gasteiger partial charge in [-0.1, -0.05) is 0 Å².